The summed E-state index contributed by atoms with van der Waals surface area (Å²) in [4.78, 5) is 0. The number of rotatable bonds is 5. The molecule has 0 bridgehead atoms. The average Bonchev–Trinajstić information content (AvgIpc) is 2.42. The van der Waals surface area contributed by atoms with Crippen LogP contribution in [0.3, 0.4) is 0 Å². The van der Waals surface area contributed by atoms with Gasteiger partial charge in [-0.3, -0.25) is 0 Å². The Hall–Kier alpha value is -1.03. The molecule has 0 spiro atoms. The van der Waals surface area contributed by atoms with Gasteiger partial charge in [-0.2, -0.15) is 0 Å². The highest BCUT2D eigenvalue weighted by atomic mass is 127. The van der Waals surface area contributed by atoms with Gasteiger partial charge >= 0.3 is 0 Å². The summed E-state index contributed by atoms with van der Waals surface area (Å²) < 4.78 is 1.28. The molecule has 1 nitrogen and oxygen atoms in total. The first-order valence-electron chi connectivity index (χ1n) is 7.57. The van der Waals surface area contributed by atoms with Crippen LogP contribution in [0.5, 0.6) is 0 Å². The van der Waals surface area contributed by atoms with E-state index >= 15 is 0 Å². The Morgan fingerprint density at radius 1 is 1.00 bits per heavy atom. The molecular formula is C19H24IN. The van der Waals surface area contributed by atoms with Crippen LogP contribution in [0.1, 0.15) is 43.5 Å². The van der Waals surface area contributed by atoms with E-state index in [1.165, 1.54) is 25.9 Å². The van der Waals surface area contributed by atoms with E-state index in [2.05, 4.69) is 98.1 Å². The fourth-order valence-corrected chi connectivity index (χ4v) is 3.17. The van der Waals surface area contributed by atoms with Crippen molar-refractivity contribution < 1.29 is 0 Å². The Morgan fingerprint density at radius 3 is 2.24 bits per heavy atom. The van der Waals surface area contributed by atoms with Crippen molar-refractivity contribution in [1.29, 1.82) is 0 Å². The fourth-order valence-electron chi connectivity index (χ4n) is 2.52. The first kappa shape index (κ1) is 16.3. The third-order valence-electron chi connectivity index (χ3n) is 3.68. The zero-order chi connectivity index (χ0) is 15.4. The molecule has 112 valence electrons. The fraction of sp³-hybridized carbons (Fsp3) is 0.368. The van der Waals surface area contributed by atoms with Crippen LogP contribution in [-0.2, 0) is 6.42 Å². The van der Waals surface area contributed by atoms with Gasteiger partial charge in [-0.1, -0.05) is 38.1 Å². The summed E-state index contributed by atoms with van der Waals surface area (Å²) in [6, 6.07) is 15.9. The number of benzene rings is 2. The molecule has 2 rings (SSSR count). The van der Waals surface area contributed by atoms with Crippen LogP contribution in [0.25, 0.3) is 0 Å². The van der Waals surface area contributed by atoms with Crippen LogP contribution in [0.2, 0.25) is 0 Å². The summed E-state index contributed by atoms with van der Waals surface area (Å²) in [5, 5.41) is 3.61. The number of nitrogens with one attached hydrogen (secondary N) is 1. The maximum Gasteiger partial charge on any atom is 0.0485 e. The third-order valence-corrected chi connectivity index (χ3v) is 4.36. The summed E-state index contributed by atoms with van der Waals surface area (Å²) in [7, 11) is 0. The van der Waals surface area contributed by atoms with Gasteiger partial charge in [-0.25, -0.2) is 0 Å². The first-order chi connectivity index (χ1) is 9.95. The molecule has 0 saturated heterocycles. The smallest absolute Gasteiger partial charge is 0.0485 e. The standard InChI is InChI=1S/C19H24IN/c1-13(2)11-16-5-7-17(8-6-16)15(4)21-19-10-9-18(20)12-14(19)3/h5-10,12-13,15,21H,11H2,1-4H3. The van der Waals surface area contributed by atoms with Crippen molar-refractivity contribution >= 4 is 28.3 Å². The molecule has 0 saturated carbocycles. The van der Waals surface area contributed by atoms with Crippen molar-refractivity contribution in [2.75, 3.05) is 5.32 Å². The summed E-state index contributed by atoms with van der Waals surface area (Å²) in [5.74, 6) is 0.709. The monoisotopic (exact) mass is 393 g/mol. The summed E-state index contributed by atoms with van der Waals surface area (Å²) in [6.07, 6.45) is 1.15. The lowest BCUT2D eigenvalue weighted by atomic mass is 9.99. The predicted octanol–water partition coefficient (Wildman–Crippen LogP) is 5.97. The van der Waals surface area contributed by atoms with Gasteiger partial charge in [-0.05, 0) is 83.7 Å². The first-order valence-corrected chi connectivity index (χ1v) is 8.65. The van der Waals surface area contributed by atoms with Crippen LogP contribution in [0.15, 0.2) is 42.5 Å². The molecule has 0 radical (unpaired) electrons. The minimum absolute atomic E-state index is 0.317. The molecule has 0 fully saturated rings. The van der Waals surface area contributed by atoms with Gasteiger partial charge in [0, 0.05) is 15.3 Å². The van der Waals surface area contributed by atoms with Gasteiger partial charge < -0.3 is 5.32 Å². The molecular weight excluding hydrogens is 369 g/mol. The number of aryl methyl sites for hydroxylation is 1. The zero-order valence-electron chi connectivity index (χ0n) is 13.3. The van der Waals surface area contributed by atoms with Crippen molar-refractivity contribution in [3.8, 4) is 0 Å². The molecule has 0 amide bonds. The molecule has 2 aromatic carbocycles. The Balaban J connectivity index is 2.07. The minimum Gasteiger partial charge on any atom is -0.378 e. The Kier molecular flexibility index (Phi) is 5.68. The Bertz CT molecular complexity index is 587. The average molecular weight is 393 g/mol. The van der Waals surface area contributed by atoms with Crippen LogP contribution < -0.4 is 5.32 Å². The molecule has 1 unspecified atom stereocenters. The highest BCUT2D eigenvalue weighted by Crippen LogP contribution is 2.24. The molecule has 1 atom stereocenters. The van der Waals surface area contributed by atoms with E-state index in [1.807, 2.05) is 0 Å². The molecule has 0 aliphatic rings. The van der Waals surface area contributed by atoms with Crippen molar-refractivity contribution in [3.63, 3.8) is 0 Å². The van der Waals surface area contributed by atoms with Gasteiger partial charge in [0.25, 0.3) is 0 Å². The Morgan fingerprint density at radius 2 is 1.67 bits per heavy atom. The van der Waals surface area contributed by atoms with Crippen molar-refractivity contribution in [1.82, 2.24) is 0 Å². The van der Waals surface area contributed by atoms with Crippen molar-refractivity contribution in [2.45, 2.75) is 40.2 Å². The molecule has 0 heterocycles. The largest absolute Gasteiger partial charge is 0.378 e. The highest BCUT2D eigenvalue weighted by molar-refractivity contribution is 14.1. The topological polar surface area (TPSA) is 12.0 Å². The second-order valence-corrected chi connectivity index (χ2v) is 7.41. The van der Waals surface area contributed by atoms with Gasteiger partial charge in [0.2, 0.25) is 0 Å². The van der Waals surface area contributed by atoms with Crippen LogP contribution in [0.4, 0.5) is 5.69 Å². The van der Waals surface area contributed by atoms with Crippen LogP contribution in [-0.4, -0.2) is 0 Å². The van der Waals surface area contributed by atoms with Gasteiger partial charge in [0.1, 0.15) is 0 Å². The molecule has 0 aliphatic carbocycles. The van der Waals surface area contributed by atoms with E-state index in [-0.39, 0.29) is 0 Å². The van der Waals surface area contributed by atoms with E-state index in [9.17, 15) is 0 Å². The maximum atomic E-state index is 3.61. The normalized spacial score (nSPS) is 12.5. The zero-order valence-corrected chi connectivity index (χ0v) is 15.4. The SMILES string of the molecule is Cc1cc(I)ccc1NC(C)c1ccc(CC(C)C)cc1. The van der Waals surface area contributed by atoms with Gasteiger partial charge in [-0.15, -0.1) is 0 Å². The highest BCUT2D eigenvalue weighted by Gasteiger charge is 2.07. The number of anilines is 1. The lowest BCUT2D eigenvalue weighted by molar-refractivity contribution is 0.647. The van der Waals surface area contributed by atoms with E-state index in [1.54, 1.807) is 0 Å². The lowest BCUT2D eigenvalue weighted by Crippen LogP contribution is -2.08. The summed E-state index contributed by atoms with van der Waals surface area (Å²) >= 11 is 2.35. The second kappa shape index (κ2) is 7.30. The number of halogens is 1. The minimum atomic E-state index is 0.317. The molecule has 0 aromatic heterocycles. The lowest BCUT2D eigenvalue weighted by Gasteiger charge is -2.18. The van der Waals surface area contributed by atoms with E-state index in [0.29, 0.717) is 12.0 Å². The summed E-state index contributed by atoms with van der Waals surface area (Å²) in [6.45, 7) is 8.90. The van der Waals surface area contributed by atoms with Crippen LogP contribution >= 0.6 is 22.6 Å². The van der Waals surface area contributed by atoms with Gasteiger partial charge in [0.15, 0.2) is 0 Å². The van der Waals surface area contributed by atoms with E-state index in [4.69, 9.17) is 0 Å². The molecule has 0 aliphatic heterocycles. The van der Waals surface area contributed by atoms with Crippen molar-refractivity contribution in [3.05, 3.63) is 62.7 Å². The Labute approximate surface area is 142 Å². The quantitative estimate of drug-likeness (QED) is 0.617. The predicted molar refractivity (Wildman–Crippen MR) is 101 cm³/mol. The molecule has 2 aromatic rings. The summed E-state index contributed by atoms with van der Waals surface area (Å²) in [5.41, 5.74) is 5.27. The molecule has 1 N–H and O–H groups in total. The molecule has 21 heavy (non-hydrogen) atoms. The molecule has 2 heteroatoms. The van der Waals surface area contributed by atoms with E-state index in [0.717, 1.165) is 6.42 Å². The third kappa shape index (κ3) is 4.73. The van der Waals surface area contributed by atoms with Crippen molar-refractivity contribution in [2.24, 2.45) is 5.92 Å². The van der Waals surface area contributed by atoms with E-state index < -0.39 is 0 Å². The maximum absolute atomic E-state index is 3.61. The second-order valence-electron chi connectivity index (χ2n) is 6.16. The number of hydrogen-bond acceptors (Lipinski definition) is 1. The van der Waals surface area contributed by atoms with Gasteiger partial charge in [0.05, 0.1) is 0 Å². The number of hydrogen-bond donors (Lipinski definition) is 1. The van der Waals surface area contributed by atoms with Crippen LogP contribution in [0, 0.1) is 16.4 Å².